The van der Waals surface area contributed by atoms with E-state index in [1.165, 1.54) is 0 Å². The molecule has 6 heteroatoms. The van der Waals surface area contributed by atoms with E-state index in [-0.39, 0.29) is 30.7 Å². The van der Waals surface area contributed by atoms with Gasteiger partial charge in [-0.15, -0.1) is 0 Å². The molecule has 0 N–H and O–H groups in total. The van der Waals surface area contributed by atoms with Gasteiger partial charge in [-0.05, 0) is 52.6 Å². The third kappa shape index (κ3) is 3.54. The number of hydrogen-bond acceptors (Lipinski definition) is 5. The van der Waals surface area contributed by atoms with Crippen LogP contribution in [0.1, 0.15) is 27.9 Å². The lowest BCUT2D eigenvalue weighted by Gasteiger charge is -2.10. The number of aryl methyl sites for hydroxylation is 1. The van der Waals surface area contributed by atoms with Crippen molar-refractivity contribution in [2.24, 2.45) is 0 Å². The number of benzene rings is 1. The van der Waals surface area contributed by atoms with Crippen LogP contribution in [-0.2, 0) is 27.2 Å². The number of likely N-dealkylation sites (N-methyl/N-ethyl adjacent to an activating group) is 1. The van der Waals surface area contributed by atoms with Gasteiger partial charge in [0.05, 0.1) is 6.42 Å². The monoisotopic (exact) mass is 343 g/mol. The highest BCUT2D eigenvalue weighted by Crippen LogP contribution is 2.28. The number of rotatable bonds is 6. The minimum absolute atomic E-state index is 0.00876. The summed E-state index contributed by atoms with van der Waals surface area (Å²) < 4.78 is 5.06. The molecule has 24 heavy (non-hydrogen) atoms. The van der Waals surface area contributed by atoms with Crippen LogP contribution in [0, 0.1) is 0 Å². The molecule has 0 unspecified atom stereocenters. The van der Waals surface area contributed by atoms with Crippen LogP contribution in [0.3, 0.4) is 0 Å². The van der Waals surface area contributed by atoms with Gasteiger partial charge in [0, 0.05) is 24.7 Å². The average molecular weight is 343 g/mol. The topological polar surface area (TPSA) is 63.7 Å². The highest BCUT2D eigenvalue weighted by molar-refractivity contribution is 7.07. The molecule has 0 bridgehead atoms. The smallest absolute Gasteiger partial charge is 0.306 e. The maximum absolute atomic E-state index is 12.2. The van der Waals surface area contributed by atoms with Gasteiger partial charge in [0.15, 0.2) is 12.4 Å². The van der Waals surface area contributed by atoms with E-state index >= 15 is 0 Å². The van der Waals surface area contributed by atoms with Crippen LogP contribution in [0.25, 0.3) is 0 Å². The van der Waals surface area contributed by atoms with Crippen LogP contribution < -0.4 is 4.90 Å². The van der Waals surface area contributed by atoms with E-state index < -0.39 is 0 Å². The zero-order chi connectivity index (χ0) is 17.1. The van der Waals surface area contributed by atoms with Crippen molar-refractivity contribution < 1.29 is 19.1 Å². The van der Waals surface area contributed by atoms with Crippen LogP contribution in [-0.4, -0.2) is 31.3 Å². The number of Topliss-reactive ketones (excluding diaryl/α,β-unsaturated/α-hetero) is 1. The molecule has 0 saturated carbocycles. The number of hydrogen-bond donors (Lipinski definition) is 0. The molecule has 124 valence electrons. The molecule has 0 saturated heterocycles. The lowest BCUT2D eigenvalue weighted by molar-refractivity contribution is -0.142. The minimum atomic E-state index is -0.384. The predicted octanol–water partition coefficient (Wildman–Crippen LogP) is 2.63. The summed E-state index contributed by atoms with van der Waals surface area (Å²) in [7, 11) is 1.71. The molecule has 1 aliphatic heterocycles. The first-order chi connectivity index (χ1) is 11.5. The Balaban J connectivity index is 1.53. The Morgan fingerprint density at radius 1 is 1.29 bits per heavy atom. The van der Waals surface area contributed by atoms with E-state index in [1.807, 2.05) is 16.8 Å². The maximum Gasteiger partial charge on any atom is 0.306 e. The number of anilines is 1. The highest BCUT2D eigenvalue weighted by Gasteiger charge is 2.24. The molecule has 0 aliphatic carbocycles. The van der Waals surface area contributed by atoms with Crippen molar-refractivity contribution in [3.63, 3.8) is 0 Å². The fraction of sp³-hybridized carbons (Fsp3) is 0.278. The van der Waals surface area contributed by atoms with E-state index in [1.54, 1.807) is 41.5 Å². The number of amides is 1. The van der Waals surface area contributed by atoms with Gasteiger partial charge in [-0.3, -0.25) is 14.4 Å². The van der Waals surface area contributed by atoms with E-state index in [9.17, 15) is 14.4 Å². The normalized spacial score (nSPS) is 13.0. The van der Waals surface area contributed by atoms with Crippen molar-refractivity contribution in [1.29, 1.82) is 0 Å². The fourth-order valence-electron chi connectivity index (χ4n) is 2.63. The van der Waals surface area contributed by atoms with Crippen molar-refractivity contribution in [1.82, 2.24) is 0 Å². The van der Waals surface area contributed by atoms with Gasteiger partial charge < -0.3 is 9.64 Å². The van der Waals surface area contributed by atoms with Crippen LogP contribution in [0.2, 0.25) is 0 Å². The van der Waals surface area contributed by atoms with Crippen molar-refractivity contribution in [3.05, 3.63) is 51.7 Å². The average Bonchev–Trinajstić information content (AvgIpc) is 3.19. The molecule has 2 heterocycles. The quantitative estimate of drug-likeness (QED) is 0.597. The van der Waals surface area contributed by atoms with E-state index in [0.717, 1.165) is 16.8 Å². The highest BCUT2D eigenvalue weighted by atomic mass is 32.1. The molecule has 1 aliphatic rings. The summed E-state index contributed by atoms with van der Waals surface area (Å²) in [6.07, 6.45) is 1.17. The number of ketones is 1. The summed E-state index contributed by atoms with van der Waals surface area (Å²) in [5, 5.41) is 3.95. The second-order valence-electron chi connectivity index (χ2n) is 5.69. The van der Waals surface area contributed by atoms with Gasteiger partial charge >= 0.3 is 5.97 Å². The molecule has 1 aromatic carbocycles. The zero-order valence-electron chi connectivity index (χ0n) is 13.3. The molecule has 0 fully saturated rings. The molecule has 2 aromatic rings. The van der Waals surface area contributed by atoms with Gasteiger partial charge in [0.2, 0.25) is 5.91 Å². The molecule has 1 aromatic heterocycles. The fourth-order valence-corrected chi connectivity index (χ4v) is 3.33. The lowest BCUT2D eigenvalue weighted by Crippen LogP contribution is -2.20. The number of ether oxygens (including phenoxy) is 1. The molecule has 0 atom stereocenters. The number of fused-ring (bicyclic) bond motifs is 1. The van der Waals surface area contributed by atoms with Crippen LogP contribution in [0.4, 0.5) is 5.69 Å². The molecular formula is C18H17NO4S. The third-order valence-corrected chi connectivity index (χ3v) is 4.77. The van der Waals surface area contributed by atoms with Crippen molar-refractivity contribution in [3.8, 4) is 0 Å². The Labute approximate surface area is 143 Å². The molecule has 1 amide bonds. The number of thiophene rings is 1. The molecule has 0 radical (unpaired) electrons. The molecule has 3 rings (SSSR count). The van der Waals surface area contributed by atoms with Gasteiger partial charge in [-0.2, -0.15) is 11.3 Å². The molecule has 5 nitrogen and oxygen atoms in total. The Morgan fingerprint density at radius 2 is 2.12 bits per heavy atom. The third-order valence-electron chi connectivity index (χ3n) is 4.04. The second-order valence-corrected chi connectivity index (χ2v) is 6.47. The summed E-state index contributed by atoms with van der Waals surface area (Å²) >= 11 is 1.58. The zero-order valence-corrected chi connectivity index (χ0v) is 14.1. The number of carbonyl (C=O) groups excluding carboxylic acids is 3. The number of carbonyl (C=O) groups is 3. The van der Waals surface area contributed by atoms with E-state index in [2.05, 4.69) is 0 Å². The number of esters is 1. The summed E-state index contributed by atoms with van der Waals surface area (Å²) in [5.74, 6) is -0.635. The first kappa shape index (κ1) is 16.4. The van der Waals surface area contributed by atoms with Crippen molar-refractivity contribution >= 4 is 34.7 Å². The van der Waals surface area contributed by atoms with E-state index in [4.69, 9.17) is 4.74 Å². The van der Waals surface area contributed by atoms with E-state index in [0.29, 0.717) is 18.4 Å². The largest absolute Gasteiger partial charge is 0.457 e. The van der Waals surface area contributed by atoms with Gasteiger partial charge in [0.25, 0.3) is 0 Å². The molecule has 0 spiro atoms. The van der Waals surface area contributed by atoms with Crippen molar-refractivity contribution in [2.75, 3.05) is 18.6 Å². The van der Waals surface area contributed by atoms with Crippen molar-refractivity contribution in [2.45, 2.75) is 19.3 Å². The summed E-state index contributed by atoms with van der Waals surface area (Å²) in [6.45, 7) is -0.273. The van der Waals surface area contributed by atoms with Crippen LogP contribution in [0.15, 0.2) is 35.0 Å². The molecular weight excluding hydrogens is 326 g/mol. The minimum Gasteiger partial charge on any atom is -0.457 e. The predicted molar refractivity (Wildman–Crippen MR) is 91.5 cm³/mol. The standard InChI is InChI=1S/C18H17NO4S/c1-19-15-4-3-13(8-14(15)9-17(19)21)16(20)10-23-18(22)5-2-12-6-7-24-11-12/h3-4,6-8,11H,2,5,9-10H2,1H3. The Hall–Kier alpha value is -2.47. The first-order valence-electron chi connectivity index (χ1n) is 7.64. The Kier molecular flexibility index (Phi) is 4.76. The summed E-state index contributed by atoms with van der Waals surface area (Å²) in [5.41, 5.74) is 3.21. The van der Waals surface area contributed by atoms with Gasteiger partial charge in [-0.1, -0.05) is 0 Å². The Morgan fingerprint density at radius 3 is 2.88 bits per heavy atom. The SMILES string of the molecule is CN1C(=O)Cc2cc(C(=O)COC(=O)CCc3ccsc3)ccc21. The maximum atomic E-state index is 12.2. The summed E-state index contributed by atoms with van der Waals surface area (Å²) in [6, 6.07) is 7.09. The van der Waals surface area contributed by atoms with Gasteiger partial charge in [0.1, 0.15) is 0 Å². The summed E-state index contributed by atoms with van der Waals surface area (Å²) in [4.78, 5) is 37.1. The van der Waals surface area contributed by atoms with Crippen LogP contribution in [0.5, 0.6) is 0 Å². The number of nitrogens with zero attached hydrogens (tertiary/aromatic N) is 1. The second kappa shape index (κ2) is 6.97. The van der Waals surface area contributed by atoms with Gasteiger partial charge in [-0.25, -0.2) is 0 Å². The lowest BCUT2D eigenvalue weighted by atomic mass is 10.1. The first-order valence-corrected chi connectivity index (χ1v) is 8.58. The Bertz CT molecular complexity index is 782. The van der Waals surface area contributed by atoms with Crippen LogP contribution >= 0.6 is 11.3 Å².